The first-order valence-electron chi connectivity index (χ1n) is 10.4. The van der Waals surface area contributed by atoms with Gasteiger partial charge in [-0.2, -0.15) is 5.26 Å². The number of fused-ring (bicyclic) bond motifs is 1. The molecule has 7 nitrogen and oxygen atoms in total. The van der Waals surface area contributed by atoms with E-state index >= 15 is 0 Å². The molecule has 34 heavy (non-hydrogen) atoms. The molecule has 1 aliphatic heterocycles. The van der Waals surface area contributed by atoms with E-state index in [1.54, 1.807) is 56.7 Å². The van der Waals surface area contributed by atoms with Crippen LogP contribution in [-0.4, -0.2) is 20.2 Å². The van der Waals surface area contributed by atoms with E-state index in [-0.39, 0.29) is 17.2 Å². The third-order valence-corrected chi connectivity index (χ3v) is 5.37. The molecule has 0 amide bonds. The number of benzene rings is 3. The predicted octanol–water partition coefficient (Wildman–Crippen LogP) is 4.54. The Morgan fingerprint density at radius 3 is 2.47 bits per heavy atom. The molecule has 3 aromatic carbocycles. The Kier molecular flexibility index (Phi) is 6.51. The fraction of sp³-hybridized carbons (Fsp3) is 0.111. The Balaban J connectivity index is 1.67. The molecule has 170 valence electrons. The van der Waals surface area contributed by atoms with Crippen LogP contribution in [0.4, 0.5) is 0 Å². The molecule has 0 saturated heterocycles. The van der Waals surface area contributed by atoms with Crippen LogP contribution in [0.3, 0.4) is 0 Å². The average Bonchev–Trinajstić information content (AvgIpc) is 2.86. The molecule has 0 aliphatic carbocycles. The SMILES string of the molecule is COc1ccc(OC)c(C2C(C#N)=C(N)Oc3cc(OC(=O)/C=C/c4ccccc4)ccc32)c1. The van der Waals surface area contributed by atoms with Gasteiger partial charge in [0.1, 0.15) is 34.6 Å². The van der Waals surface area contributed by atoms with E-state index < -0.39 is 11.9 Å². The van der Waals surface area contributed by atoms with E-state index in [0.717, 1.165) is 5.56 Å². The number of carbonyl (C=O) groups excluding carboxylic acids is 1. The molecule has 0 aromatic heterocycles. The molecule has 1 aliphatic rings. The van der Waals surface area contributed by atoms with Crippen LogP contribution in [0.25, 0.3) is 6.08 Å². The normalized spacial score (nSPS) is 14.7. The summed E-state index contributed by atoms with van der Waals surface area (Å²) in [4.78, 5) is 12.3. The van der Waals surface area contributed by atoms with Crippen LogP contribution >= 0.6 is 0 Å². The lowest BCUT2D eigenvalue weighted by Crippen LogP contribution is -2.21. The topological polar surface area (TPSA) is 104 Å². The maximum absolute atomic E-state index is 12.3. The van der Waals surface area contributed by atoms with Crippen LogP contribution in [0.2, 0.25) is 0 Å². The van der Waals surface area contributed by atoms with Crippen molar-refractivity contribution in [3.05, 3.63) is 101 Å². The second-order valence-corrected chi connectivity index (χ2v) is 7.40. The van der Waals surface area contributed by atoms with Crippen molar-refractivity contribution in [2.45, 2.75) is 5.92 Å². The van der Waals surface area contributed by atoms with Crippen molar-refractivity contribution in [2.24, 2.45) is 5.73 Å². The summed E-state index contributed by atoms with van der Waals surface area (Å²) in [5.74, 6) is 0.719. The first-order valence-corrected chi connectivity index (χ1v) is 10.4. The van der Waals surface area contributed by atoms with Gasteiger partial charge in [0.2, 0.25) is 5.88 Å². The number of hydrogen-bond donors (Lipinski definition) is 1. The van der Waals surface area contributed by atoms with Crippen LogP contribution < -0.4 is 24.7 Å². The zero-order valence-corrected chi connectivity index (χ0v) is 18.6. The number of esters is 1. The van der Waals surface area contributed by atoms with Crippen molar-refractivity contribution < 1.29 is 23.7 Å². The van der Waals surface area contributed by atoms with Gasteiger partial charge in [-0.1, -0.05) is 36.4 Å². The van der Waals surface area contributed by atoms with Crippen LogP contribution in [0, 0.1) is 11.3 Å². The van der Waals surface area contributed by atoms with Gasteiger partial charge in [0, 0.05) is 23.3 Å². The van der Waals surface area contributed by atoms with Gasteiger partial charge in [0.25, 0.3) is 0 Å². The highest BCUT2D eigenvalue weighted by atomic mass is 16.5. The fourth-order valence-corrected chi connectivity index (χ4v) is 3.76. The lowest BCUT2D eigenvalue weighted by Gasteiger charge is -2.28. The summed E-state index contributed by atoms with van der Waals surface area (Å²) in [7, 11) is 3.11. The molecular formula is C27H22N2O5. The standard InChI is InChI=1S/C27H22N2O5/c1-31-18-10-12-23(32-2)21(14-18)26-20-11-9-19(15-24(20)34-27(29)22(26)16-28)33-25(30)13-8-17-6-4-3-5-7-17/h3-15,26H,29H2,1-2H3/b13-8+. The Morgan fingerprint density at radius 1 is 1.00 bits per heavy atom. The monoisotopic (exact) mass is 454 g/mol. The Morgan fingerprint density at radius 2 is 1.76 bits per heavy atom. The van der Waals surface area contributed by atoms with Crippen molar-refractivity contribution in [3.8, 4) is 29.1 Å². The summed E-state index contributed by atoms with van der Waals surface area (Å²) in [5, 5.41) is 9.82. The van der Waals surface area contributed by atoms with E-state index in [0.29, 0.717) is 28.4 Å². The second kappa shape index (κ2) is 9.84. The van der Waals surface area contributed by atoms with E-state index in [9.17, 15) is 10.1 Å². The highest BCUT2D eigenvalue weighted by molar-refractivity contribution is 5.88. The van der Waals surface area contributed by atoms with Crippen molar-refractivity contribution in [1.82, 2.24) is 0 Å². The number of allylic oxidation sites excluding steroid dienone is 1. The zero-order valence-electron chi connectivity index (χ0n) is 18.6. The maximum Gasteiger partial charge on any atom is 0.336 e. The molecule has 1 atom stereocenters. The Bertz CT molecular complexity index is 1320. The van der Waals surface area contributed by atoms with Gasteiger partial charge in [-0.15, -0.1) is 0 Å². The highest BCUT2D eigenvalue weighted by Crippen LogP contribution is 2.46. The summed E-state index contributed by atoms with van der Waals surface area (Å²) >= 11 is 0. The van der Waals surface area contributed by atoms with Gasteiger partial charge in [-0.25, -0.2) is 4.79 Å². The van der Waals surface area contributed by atoms with E-state index in [1.807, 2.05) is 30.3 Å². The Labute approximate surface area is 197 Å². The van der Waals surface area contributed by atoms with Gasteiger partial charge < -0.3 is 24.7 Å². The maximum atomic E-state index is 12.3. The van der Waals surface area contributed by atoms with E-state index in [4.69, 9.17) is 24.7 Å². The molecule has 3 aromatic rings. The number of hydrogen-bond acceptors (Lipinski definition) is 7. The van der Waals surface area contributed by atoms with Crippen LogP contribution in [-0.2, 0) is 4.79 Å². The second-order valence-electron chi connectivity index (χ2n) is 7.40. The number of nitriles is 1. The molecule has 0 radical (unpaired) electrons. The fourth-order valence-electron chi connectivity index (χ4n) is 3.76. The first-order chi connectivity index (χ1) is 16.5. The summed E-state index contributed by atoms with van der Waals surface area (Å²) in [6, 6.07) is 21.9. The quantitative estimate of drug-likeness (QED) is 0.331. The number of carbonyl (C=O) groups is 1. The van der Waals surface area contributed by atoms with E-state index in [1.165, 1.54) is 6.08 Å². The predicted molar refractivity (Wildman–Crippen MR) is 126 cm³/mol. The van der Waals surface area contributed by atoms with Gasteiger partial charge in [0.05, 0.1) is 20.1 Å². The number of nitrogens with zero attached hydrogens (tertiary/aromatic N) is 1. The number of nitrogens with two attached hydrogens (primary N) is 1. The third kappa shape index (κ3) is 4.57. The van der Waals surface area contributed by atoms with Crippen LogP contribution in [0.1, 0.15) is 22.6 Å². The van der Waals surface area contributed by atoms with Crippen molar-refractivity contribution in [2.75, 3.05) is 14.2 Å². The number of rotatable bonds is 6. The first kappa shape index (κ1) is 22.5. The minimum Gasteiger partial charge on any atom is -0.497 e. The third-order valence-electron chi connectivity index (χ3n) is 5.37. The van der Waals surface area contributed by atoms with Crippen molar-refractivity contribution >= 4 is 12.0 Å². The highest BCUT2D eigenvalue weighted by Gasteiger charge is 2.33. The molecular weight excluding hydrogens is 432 g/mol. The molecule has 2 N–H and O–H groups in total. The van der Waals surface area contributed by atoms with Crippen LogP contribution in [0.15, 0.2) is 84.3 Å². The van der Waals surface area contributed by atoms with Gasteiger partial charge in [-0.3, -0.25) is 0 Å². The largest absolute Gasteiger partial charge is 0.497 e. The molecule has 0 fully saturated rings. The van der Waals surface area contributed by atoms with Crippen molar-refractivity contribution in [1.29, 1.82) is 5.26 Å². The average molecular weight is 454 g/mol. The van der Waals surface area contributed by atoms with Crippen molar-refractivity contribution in [3.63, 3.8) is 0 Å². The zero-order chi connectivity index (χ0) is 24.1. The lowest BCUT2D eigenvalue weighted by atomic mass is 9.83. The number of methoxy groups -OCH3 is 2. The smallest absolute Gasteiger partial charge is 0.336 e. The van der Waals surface area contributed by atoms with E-state index in [2.05, 4.69) is 6.07 Å². The summed E-state index contributed by atoms with van der Waals surface area (Å²) < 4.78 is 22.1. The summed E-state index contributed by atoms with van der Waals surface area (Å²) in [5.41, 5.74) is 8.60. The van der Waals surface area contributed by atoms with Gasteiger partial charge >= 0.3 is 5.97 Å². The Hall–Kier alpha value is -4.70. The summed E-state index contributed by atoms with van der Waals surface area (Å²) in [6.45, 7) is 0. The molecule has 4 rings (SSSR count). The molecule has 0 spiro atoms. The molecule has 0 bridgehead atoms. The van der Waals surface area contributed by atoms with Gasteiger partial charge in [-0.05, 0) is 35.9 Å². The summed E-state index contributed by atoms with van der Waals surface area (Å²) in [6.07, 6.45) is 3.02. The molecule has 7 heteroatoms. The molecule has 1 heterocycles. The van der Waals surface area contributed by atoms with Gasteiger partial charge in [0.15, 0.2) is 0 Å². The molecule has 1 unspecified atom stereocenters. The minimum absolute atomic E-state index is 0.0303. The van der Waals surface area contributed by atoms with Crippen LogP contribution in [0.5, 0.6) is 23.0 Å². The lowest BCUT2D eigenvalue weighted by molar-refractivity contribution is -0.128. The molecule has 0 saturated carbocycles. The number of ether oxygens (including phenoxy) is 4. The minimum atomic E-state index is -0.554.